The fourth-order valence-corrected chi connectivity index (χ4v) is 3.45. The fourth-order valence-electron chi connectivity index (χ4n) is 2.32. The first-order valence-electron chi connectivity index (χ1n) is 7.86. The van der Waals surface area contributed by atoms with Gasteiger partial charge in [0.2, 0.25) is 11.8 Å². The second kappa shape index (κ2) is 8.19. The highest BCUT2D eigenvalue weighted by atomic mass is 32.2. The van der Waals surface area contributed by atoms with Crippen molar-refractivity contribution in [2.24, 2.45) is 0 Å². The smallest absolute Gasteiger partial charge is 0.329 e. The van der Waals surface area contributed by atoms with E-state index in [4.69, 9.17) is 4.74 Å². The Labute approximate surface area is 145 Å². The zero-order valence-corrected chi connectivity index (χ0v) is 14.9. The Morgan fingerprint density at radius 2 is 2.08 bits per heavy atom. The number of amides is 2. The number of nitrogens with one attached hydrogen (secondary N) is 2. The van der Waals surface area contributed by atoms with Crippen LogP contribution in [0, 0.1) is 13.8 Å². The van der Waals surface area contributed by atoms with Crippen LogP contribution in [0.3, 0.4) is 0 Å². The molecule has 130 valence electrons. The van der Waals surface area contributed by atoms with Gasteiger partial charge in [-0.1, -0.05) is 6.07 Å². The third kappa shape index (κ3) is 4.74. The summed E-state index contributed by atoms with van der Waals surface area (Å²) < 4.78 is 4.90. The summed E-state index contributed by atoms with van der Waals surface area (Å²) in [6.45, 7) is 5.97. The largest absolute Gasteiger partial charge is 0.464 e. The molecular weight excluding hydrogens is 328 g/mol. The van der Waals surface area contributed by atoms with E-state index in [9.17, 15) is 14.4 Å². The quantitative estimate of drug-likeness (QED) is 0.791. The Hall–Kier alpha value is -2.02. The van der Waals surface area contributed by atoms with Gasteiger partial charge >= 0.3 is 5.97 Å². The third-order valence-corrected chi connectivity index (χ3v) is 5.11. The van der Waals surface area contributed by atoms with Gasteiger partial charge < -0.3 is 15.4 Å². The molecule has 1 fully saturated rings. The predicted molar refractivity (Wildman–Crippen MR) is 94.0 cm³/mol. The molecule has 24 heavy (non-hydrogen) atoms. The van der Waals surface area contributed by atoms with Gasteiger partial charge in [-0.2, -0.15) is 0 Å². The molecule has 1 saturated heterocycles. The van der Waals surface area contributed by atoms with E-state index in [1.54, 1.807) is 6.92 Å². The maximum atomic E-state index is 12.1. The molecule has 2 N–H and O–H groups in total. The SMILES string of the molecule is CCOC(=O)[C@@H]1CS[C@@H](CC(=O)Nc2ccc(C)c(C)c2)C(=O)N1. The zero-order chi connectivity index (χ0) is 17.7. The molecule has 0 saturated carbocycles. The summed E-state index contributed by atoms with van der Waals surface area (Å²) in [4.78, 5) is 35.9. The average Bonchev–Trinajstić information content (AvgIpc) is 2.53. The molecule has 1 aromatic carbocycles. The lowest BCUT2D eigenvalue weighted by Gasteiger charge is -2.27. The molecule has 2 amide bonds. The van der Waals surface area contributed by atoms with Crippen molar-refractivity contribution in [3.63, 3.8) is 0 Å². The molecule has 0 radical (unpaired) electrons. The monoisotopic (exact) mass is 350 g/mol. The summed E-state index contributed by atoms with van der Waals surface area (Å²) >= 11 is 1.30. The van der Waals surface area contributed by atoms with Crippen LogP contribution in [0.1, 0.15) is 24.5 Å². The molecule has 0 aromatic heterocycles. The number of benzene rings is 1. The van der Waals surface area contributed by atoms with Crippen LogP contribution in [0.15, 0.2) is 18.2 Å². The lowest BCUT2D eigenvalue weighted by atomic mass is 10.1. The number of thioether (sulfide) groups is 1. The van der Waals surface area contributed by atoms with Gasteiger partial charge in [-0.15, -0.1) is 11.8 Å². The number of hydrogen-bond acceptors (Lipinski definition) is 5. The number of carbonyl (C=O) groups is 3. The van der Waals surface area contributed by atoms with Gasteiger partial charge in [0, 0.05) is 17.9 Å². The lowest BCUT2D eigenvalue weighted by molar-refractivity contribution is -0.146. The summed E-state index contributed by atoms with van der Waals surface area (Å²) in [6, 6.07) is 5.04. The van der Waals surface area contributed by atoms with Gasteiger partial charge in [0.15, 0.2) is 0 Å². The molecule has 1 aromatic rings. The Morgan fingerprint density at radius 3 is 2.71 bits per heavy atom. The minimum atomic E-state index is -0.637. The van der Waals surface area contributed by atoms with Crippen LogP contribution in [0.2, 0.25) is 0 Å². The molecule has 2 rings (SSSR count). The van der Waals surface area contributed by atoms with Crippen molar-refractivity contribution in [2.75, 3.05) is 17.7 Å². The van der Waals surface area contributed by atoms with E-state index >= 15 is 0 Å². The molecule has 7 heteroatoms. The van der Waals surface area contributed by atoms with Crippen LogP contribution >= 0.6 is 11.8 Å². The molecule has 0 spiro atoms. The molecule has 1 aliphatic rings. The predicted octanol–water partition coefficient (Wildman–Crippen LogP) is 1.80. The van der Waals surface area contributed by atoms with E-state index in [1.165, 1.54) is 11.8 Å². The highest BCUT2D eigenvalue weighted by Gasteiger charge is 2.34. The first-order chi connectivity index (χ1) is 11.4. The van der Waals surface area contributed by atoms with Crippen molar-refractivity contribution in [3.8, 4) is 0 Å². The number of anilines is 1. The number of carbonyl (C=O) groups excluding carboxylic acids is 3. The molecule has 0 bridgehead atoms. The van der Waals surface area contributed by atoms with E-state index in [0.717, 1.165) is 11.1 Å². The highest BCUT2D eigenvalue weighted by Crippen LogP contribution is 2.22. The van der Waals surface area contributed by atoms with Crippen molar-refractivity contribution in [1.82, 2.24) is 5.32 Å². The maximum absolute atomic E-state index is 12.1. The fraction of sp³-hybridized carbons (Fsp3) is 0.471. The summed E-state index contributed by atoms with van der Waals surface area (Å²) in [5.41, 5.74) is 2.96. The Bertz CT molecular complexity index is 647. The van der Waals surface area contributed by atoms with E-state index in [2.05, 4.69) is 10.6 Å². The van der Waals surface area contributed by atoms with Gasteiger partial charge in [0.05, 0.1) is 11.9 Å². The number of aryl methyl sites for hydroxylation is 2. The second-order valence-electron chi connectivity index (χ2n) is 5.69. The molecular formula is C17H22N2O4S. The summed E-state index contributed by atoms with van der Waals surface area (Å²) in [5.74, 6) is -0.553. The van der Waals surface area contributed by atoms with Crippen LogP contribution in [0.25, 0.3) is 0 Å². The van der Waals surface area contributed by atoms with E-state index in [1.807, 2.05) is 32.0 Å². The van der Waals surface area contributed by atoms with Crippen LogP contribution in [0.5, 0.6) is 0 Å². The van der Waals surface area contributed by atoms with Gasteiger partial charge in [-0.3, -0.25) is 9.59 Å². The molecule has 0 aliphatic carbocycles. The summed E-state index contributed by atoms with van der Waals surface area (Å²) in [6.07, 6.45) is 0.0684. The molecule has 1 aliphatic heterocycles. The van der Waals surface area contributed by atoms with E-state index < -0.39 is 17.3 Å². The van der Waals surface area contributed by atoms with Crippen LogP contribution in [-0.2, 0) is 19.1 Å². The molecule has 2 atom stereocenters. The summed E-state index contributed by atoms with van der Waals surface area (Å²) in [7, 11) is 0. The van der Waals surface area contributed by atoms with Crippen LogP contribution in [-0.4, -0.2) is 41.4 Å². The van der Waals surface area contributed by atoms with Gasteiger partial charge in [-0.05, 0) is 44.0 Å². The first-order valence-corrected chi connectivity index (χ1v) is 8.91. The maximum Gasteiger partial charge on any atom is 0.329 e. The van der Waals surface area contributed by atoms with Crippen molar-refractivity contribution in [1.29, 1.82) is 0 Å². The van der Waals surface area contributed by atoms with Gasteiger partial charge in [0.25, 0.3) is 0 Å². The zero-order valence-electron chi connectivity index (χ0n) is 14.0. The van der Waals surface area contributed by atoms with Gasteiger partial charge in [0.1, 0.15) is 6.04 Å². The lowest BCUT2D eigenvalue weighted by Crippen LogP contribution is -2.51. The number of rotatable bonds is 5. The van der Waals surface area contributed by atoms with E-state index in [0.29, 0.717) is 11.4 Å². The number of ether oxygens (including phenoxy) is 1. The van der Waals surface area contributed by atoms with Crippen LogP contribution in [0.4, 0.5) is 5.69 Å². The van der Waals surface area contributed by atoms with Crippen LogP contribution < -0.4 is 10.6 Å². The number of hydrogen-bond donors (Lipinski definition) is 2. The minimum Gasteiger partial charge on any atom is -0.464 e. The Balaban J connectivity index is 1.87. The summed E-state index contributed by atoms with van der Waals surface area (Å²) in [5, 5.41) is 4.93. The standard InChI is InChI=1S/C17H22N2O4S/c1-4-23-17(22)13-9-24-14(16(21)19-13)8-15(20)18-12-6-5-10(2)11(3)7-12/h5-7,13-14H,4,8-9H2,1-3H3,(H,18,20)(H,19,21)/t13-,14-/m0/s1. The Kier molecular flexibility index (Phi) is 6.25. The third-order valence-electron chi connectivity index (χ3n) is 3.81. The second-order valence-corrected chi connectivity index (χ2v) is 6.92. The number of esters is 1. The average molecular weight is 350 g/mol. The Morgan fingerprint density at radius 1 is 1.33 bits per heavy atom. The highest BCUT2D eigenvalue weighted by molar-refractivity contribution is 8.00. The van der Waals surface area contributed by atoms with Crippen molar-refractivity contribution >= 4 is 35.2 Å². The van der Waals surface area contributed by atoms with Crippen molar-refractivity contribution in [3.05, 3.63) is 29.3 Å². The molecule has 1 heterocycles. The minimum absolute atomic E-state index is 0.0684. The molecule has 6 nitrogen and oxygen atoms in total. The normalized spacial score (nSPS) is 20.2. The molecule has 0 unspecified atom stereocenters. The van der Waals surface area contributed by atoms with Crippen molar-refractivity contribution < 1.29 is 19.1 Å². The van der Waals surface area contributed by atoms with Crippen molar-refractivity contribution in [2.45, 2.75) is 38.5 Å². The van der Waals surface area contributed by atoms with E-state index in [-0.39, 0.29) is 24.8 Å². The topological polar surface area (TPSA) is 84.5 Å². The first kappa shape index (κ1) is 18.3. The van der Waals surface area contributed by atoms with Gasteiger partial charge in [-0.25, -0.2) is 4.79 Å².